The second kappa shape index (κ2) is 9.51. The minimum Gasteiger partial charge on any atom is -0.489 e. The summed E-state index contributed by atoms with van der Waals surface area (Å²) in [7, 11) is -4.11. The number of aliphatic carboxylic acids is 1. The highest BCUT2D eigenvalue weighted by molar-refractivity contribution is 7.89. The van der Waals surface area contributed by atoms with Gasteiger partial charge in [-0.3, -0.25) is 4.79 Å². The maximum absolute atomic E-state index is 13.0. The second-order valence-corrected chi connectivity index (χ2v) is 8.30. The van der Waals surface area contributed by atoms with E-state index in [1.807, 2.05) is 30.3 Å². The average Bonchev–Trinajstić information content (AvgIpc) is 2.73. The van der Waals surface area contributed by atoms with E-state index in [1.165, 1.54) is 0 Å². The molecule has 156 valence electrons. The van der Waals surface area contributed by atoms with Crippen LogP contribution in [0.2, 0.25) is 0 Å². The van der Waals surface area contributed by atoms with E-state index in [4.69, 9.17) is 4.74 Å². The van der Waals surface area contributed by atoms with Crippen LogP contribution in [0.4, 0.5) is 4.39 Å². The fraction of sp³-hybridized carbons (Fsp3) is 0.136. The molecule has 2 N–H and O–H groups in total. The summed E-state index contributed by atoms with van der Waals surface area (Å²) in [6.45, 7) is 0.398. The van der Waals surface area contributed by atoms with Crippen molar-refractivity contribution in [3.63, 3.8) is 0 Å². The first-order valence-corrected chi connectivity index (χ1v) is 10.6. The molecule has 1 atom stereocenters. The molecule has 0 aliphatic heterocycles. The molecule has 3 rings (SSSR count). The van der Waals surface area contributed by atoms with Crippen LogP contribution in [0.5, 0.6) is 5.75 Å². The van der Waals surface area contributed by atoms with Crippen molar-refractivity contribution in [1.82, 2.24) is 4.72 Å². The molecule has 8 heteroatoms. The van der Waals surface area contributed by atoms with Gasteiger partial charge in [0.1, 0.15) is 24.2 Å². The van der Waals surface area contributed by atoms with Crippen molar-refractivity contribution in [1.29, 1.82) is 0 Å². The number of carboxylic acids is 1. The van der Waals surface area contributed by atoms with Crippen molar-refractivity contribution < 1.29 is 27.4 Å². The van der Waals surface area contributed by atoms with E-state index in [9.17, 15) is 22.7 Å². The molecule has 0 saturated heterocycles. The predicted molar refractivity (Wildman–Crippen MR) is 109 cm³/mol. The summed E-state index contributed by atoms with van der Waals surface area (Å²) < 4.78 is 45.7. The van der Waals surface area contributed by atoms with Crippen molar-refractivity contribution in [3.05, 3.63) is 95.8 Å². The van der Waals surface area contributed by atoms with Crippen molar-refractivity contribution in [2.24, 2.45) is 0 Å². The Morgan fingerprint density at radius 3 is 2.17 bits per heavy atom. The van der Waals surface area contributed by atoms with E-state index in [0.717, 1.165) is 29.8 Å². The number of hydrogen-bond acceptors (Lipinski definition) is 4. The predicted octanol–water partition coefficient (Wildman–Crippen LogP) is 3.38. The van der Waals surface area contributed by atoms with Crippen LogP contribution in [-0.2, 0) is 27.8 Å². The van der Waals surface area contributed by atoms with Gasteiger partial charge >= 0.3 is 5.97 Å². The van der Waals surface area contributed by atoms with Crippen LogP contribution in [0.15, 0.2) is 83.8 Å². The van der Waals surface area contributed by atoms with Gasteiger partial charge in [0.05, 0.1) is 4.90 Å². The molecular weight excluding hydrogens is 409 g/mol. The van der Waals surface area contributed by atoms with Gasteiger partial charge in [-0.25, -0.2) is 12.8 Å². The van der Waals surface area contributed by atoms with Gasteiger partial charge in [0.2, 0.25) is 10.0 Å². The Balaban J connectivity index is 1.64. The summed E-state index contributed by atoms with van der Waals surface area (Å²) in [4.78, 5) is 11.4. The molecule has 0 amide bonds. The molecule has 0 saturated carbocycles. The minimum absolute atomic E-state index is 0.0608. The molecule has 0 fully saturated rings. The zero-order valence-electron chi connectivity index (χ0n) is 15.9. The Morgan fingerprint density at radius 2 is 1.57 bits per heavy atom. The third-order valence-electron chi connectivity index (χ3n) is 4.33. The lowest BCUT2D eigenvalue weighted by atomic mass is 10.1. The number of rotatable bonds is 9. The third-order valence-corrected chi connectivity index (χ3v) is 5.82. The van der Waals surface area contributed by atoms with E-state index >= 15 is 0 Å². The summed E-state index contributed by atoms with van der Waals surface area (Å²) in [6, 6.07) is 19.2. The van der Waals surface area contributed by atoms with E-state index < -0.39 is 27.9 Å². The van der Waals surface area contributed by atoms with Crippen LogP contribution in [0, 0.1) is 5.82 Å². The van der Waals surface area contributed by atoms with Gasteiger partial charge in [0.25, 0.3) is 0 Å². The number of carbonyl (C=O) groups is 1. The Labute approximate surface area is 174 Å². The first kappa shape index (κ1) is 21.5. The maximum Gasteiger partial charge on any atom is 0.322 e. The number of sulfonamides is 1. The molecule has 3 aromatic rings. The summed E-state index contributed by atoms with van der Waals surface area (Å²) in [5.74, 6) is -1.29. The summed E-state index contributed by atoms with van der Waals surface area (Å²) in [5.41, 5.74) is 1.64. The van der Waals surface area contributed by atoms with Gasteiger partial charge in [0.15, 0.2) is 0 Å². The van der Waals surface area contributed by atoms with Gasteiger partial charge < -0.3 is 9.84 Å². The molecule has 6 nitrogen and oxygen atoms in total. The monoisotopic (exact) mass is 429 g/mol. The first-order chi connectivity index (χ1) is 14.3. The standard InChI is InChI=1S/C22H20FNO5S/c23-18-8-12-20(13-9-18)30(27,28)24-21(22(25)26)14-16-6-10-19(11-7-16)29-15-17-4-2-1-3-5-17/h1-13,21,24H,14-15H2,(H,25,26)/t21-/m0/s1. The van der Waals surface area contributed by atoms with Crippen molar-refractivity contribution in [2.45, 2.75) is 24.0 Å². The second-order valence-electron chi connectivity index (χ2n) is 6.59. The molecule has 0 aliphatic rings. The zero-order chi connectivity index (χ0) is 21.6. The SMILES string of the molecule is O=C(O)[C@H](Cc1ccc(OCc2ccccc2)cc1)NS(=O)(=O)c1ccc(F)cc1. The lowest BCUT2D eigenvalue weighted by molar-refractivity contribution is -0.138. The molecule has 3 aromatic carbocycles. The van der Waals surface area contributed by atoms with E-state index in [2.05, 4.69) is 4.72 Å². The highest BCUT2D eigenvalue weighted by Crippen LogP contribution is 2.17. The van der Waals surface area contributed by atoms with Crippen molar-refractivity contribution >= 4 is 16.0 Å². The van der Waals surface area contributed by atoms with E-state index in [1.54, 1.807) is 24.3 Å². The normalized spacial score (nSPS) is 12.3. The van der Waals surface area contributed by atoms with Gasteiger partial charge in [0, 0.05) is 0 Å². The lowest BCUT2D eigenvalue weighted by Gasteiger charge is -2.15. The number of carboxylic acid groups (broad SMARTS) is 1. The van der Waals surface area contributed by atoms with Crippen LogP contribution in [-0.4, -0.2) is 25.5 Å². The molecule has 0 bridgehead atoms. The van der Waals surface area contributed by atoms with Crippen molar-refractivity contribution in [3.8, 4) is 5.75 Å². The van der Waals surface area contributed by atoms with Crippen LogP contribution in [0.25, 0.3) is 0 Å². The topological polar surface area (TPSA) is 92.7 Å². The Hall–Kier alpha value is -3.23. The van der Waals surface area contributed by atoms with E-state index in [-0.39, 0.29) is 11.3 Å². The molecule has 0 heterocycles. The molecule has 0 unspecified atom stereocenters. The maximum atomic E-state index is 13.0. The Bertz CT molecular complexity index is 1080. The van der Waals surface area contributed by atoms with Crippen LogP contribution in [0.1, 0.15) is 11.1 Å². The molecule has 0 spiro atoms. The fourth-order valence-corrected chi connectivity index (χ4v) is 3.94. The molecular formula is C22H20FNO5S. The summed E-state index contributed by atoms with van der Waals surface area (Å²) in [5, 5.41) is 9.44. The number of hydrogen-bond donors (Lipinski definition) is 2. The first-order valence-electron chi connectivity index (χ1n) is 9.10. The number of halogens is 1. The van der Waals surface area contributed by atoms with Crippen LogP contribution >= 0.6 is 0 Å². The fourth-order valence-electron chi connectivity index (χ4n) is 2.75. The van der Waals surface area contributed by atoms with Gasteiger partial charge in [-0.1, -0.05) is 42.5 Å². The lowest BCUT2D eigenvalue weighted by Crippen LogP contribution is -2.42. The molecule has 0 radical (unpaired) electrons. The highest BCUT2D eigenvalue weighted by Gasteiger charge is 2.25. The number of nitrogens with one attached hydrogen (secondary N) is 1. The summed E-state index contributed by atoms with van der Waals surface area (Å²) in [6.07, 6.45) is -0.0608. The van der Waals surface area contributed by atoms with E-state index in [0.29, 0.717) is 17.9 Å². The number of ether oxygens (including phenoxy) is 1. The zero-order valence-corrected chi connectivity index (χ0v) is 16.7. The van der Waals surface area contributed by atoms with Gasteiger partial charge in [-0.15, -0.1) is 0 Å². The Kier molecular flexibility index (Phi) is 6.81. The van der Waals surface area contributed by atoms with Crippen LogP contribution in [0.3, 0.4) is 0 Å². The third kappa shape index (κ3) is 5.88. The van der Waals surface area contributed by atoms with Gasteiger partial charge in [-0.05, 0) is 53.9 Å². The Morgan fingerprint density at radius 1 is 0.933 bits per heavy atom. The largest absolute Gasteiger partial charge is 0.489 e. The minimum atomic E-state index is -4.11. The highest BCUT2D eigenvalue weighted by atomic mass is 32.2. The van der Waals surface area contributed by atoms with Crippen molar-refractivity contribution in [2.75, 3.05) is 0 Å². The quantitative estimate of drug-likeness (QED) is 0.544. The smallest absolute Gasteiger partial charge is 0.322 e. The summed E-state index contributed by atoms with van der Waals surface area (Å²) >= 11 is 0. The molecule has 0 aliphatic carbocycles. The average molecular weight is 429 g/mol. The molecule has 0 aromatic heterocycles. The molecule has 30 heavy (non-hydrogen) atoms. The van der Waals surface area contributed by atoms with Gasteiger partial charge in [-0.2, -0.15) is 4.72 Å². The van der Waals surface area contributed by atoms with Crippen LogP contribution < -0.4 is 9.46 Å². The number of benzene rings is 3.